The Morgan fingerprint density at radius 3 is 2.05 bits per heavy atom. The van der Waals surface area contributed by atoms with E-state index in [1.54, 1.807) is 36.2 Å². The SMILES string of the molecule is CN(C(=O)C1CCCCCCC1)c1ccc(C(=O)O)cc1. The van der Waals surface area contributed by atoms with Crippen LogP contribution in [-0.2, 0) is 4.79 Å². The molecule has 1 fully saturated rings. The number of nitrogens with zero attached hydrogens (tertiary/aromatic N) is 1. The molecule has 1 amide bonds. The molecule has 4 heteroatoms. The Hall–Kier alpha value is -1.84. The van der Waals surface area contributed by atoms with Crippen LogP contribution < -0.4 is 4.90 Å². The molecule has 114 valence electrons. The fourth-order valence-corrected chi connectivity index (χ4v) is 2.93. The zero-order chi connectivity index (χ0) is 15.2. The van der Waals surface area contributed by atoms with Gasteiger partial charge >= 0.3 is 5.97 Å². The van der Waals surface area contributed by atoms with Crippen LogP contribution in [0.4, 0.5) is 5.69 Å². The van der Waals surface area contributed by atoms with E-state index in [0.29, 0.717) is 0 Å². The standard InChI is InChI=1S/C17H23NO3/c1-18(15-11-9-14(10-12-15)17(20)21)16(19)13-7-5-3-2-4-6-8-13/h9-13H,2-8H2,1H3,(H,20,21). The maximum absolute atomic E-state index is 12.6. The van der Waals surface area contributed by atoms with Gasteiger partial charge in [-0.25, -0.2) is 4.79 Å². The third-order valence-corrected chi connectivity index (χ3v) is 4.29. The summed E-state index contributed by atoms with van der Waals surface area (Å²) in [4.78, 5) is 25.1. The van der Waals surface area contributed by atoms with Crippen molar-refractivity contribution in [1.29, 1.82) is 0 Å². The van der Waals surface area contributed by atoms with Gasteiger partial charge in [0.2, 0.25) is 5.91 Å². The molecule has 0 spiro atoms. The van der Waals surface area contributed by atoms with Gasteiger partial charge < -0.3 is 10.0 Å². The molecule has 1 N–H and O–H groups in total. The summed E-state index contributed by atoms with van der Waals surface area (Å²) in [5.41, 5.74) is 0.998. The van der Waals surface area contributed by atoms with Crippen molar-refractivity contribution in [2.45, 2.75) is 44.9 Å². The highest BCUT2D eigenvalue weighted by molar-refractivity contribution is 5.95. The molecule has 1 aromatic carbocycles. The van der Waals surface area contributed by atoms with E-state index >= 15 is 0 Å². The van der Waals surface area contributed by atoms with Crippen LogP contribution in [0.1, 0.15) is 55.3 Å². The van der Waals surface area contributed by atoms with Crippen LogP contribution in [-0.4, -0.2) is 24.0 Å². The highest BCUT2D eigenvalue weighted by Crippen LogP contribution is 2.25. The zero-order valence-corrected chi connectivity index (χ0v) is 12.5. The maximum atomic E-state index is 12.6. The van der Waals surface area contributed by atoms with Crippen molar-refractivity contribution in [3.05, 3.63) is 29.8 Å². The number of carboxylic acid groups (broad SMARTS) is 1. The lowest BCUT2D eigenvalue weighted by Crippen LogP contribution is -2.33. The van der Waals surface area contributed by atoms with E-state index < -0.39 is 5.97 Å². The Kier molecular flexibility index (Phi) is 5.37. The lowest BCUT2D eigenvalue weighted by molar-refractivity contribution is -0.122. The largest absolute Gasteiger partial charge is 0.478 e. The minimum atomic E-state index is -0.949. The van der Waals surface area contributed by atoms with Crippen LogP contribution in [0.3, 0.4) is 0 Å². The van der Waals surface area contributed by atoms with Crippen molar-refractivity contribution in [2.75, 3.05) is 11.9 Å². The van der Waals surface area contributed by atoms with Crippen molar-refractivity contribution in [3.63, 3.8) is 0 Å². The minimum absolute atomic E-state index is 0.106. The molecule has 1 aromatic rings. The van der Waals surface area contributed by atoms with Crippen molar-refractivity contribution in [2.24, 2.45) is 5.92 Å². The molecule has 21 heavy (non-hydrogen) atoms. The van der Waals surface area contributed by atoms with Gasteiger partial charge in [0.05, 0.1) is 5.56 Å². The maximum Gasteiger partial charge on any atom is 0.335 e. The van der Waals surface area contributed by atoms with E-state index in [0.717, 1.165) is 31.4 Å². The van der Waals surface area contributed by atoms with E-state index in [4.69, 9.17) is 5.11 Å². The number of carboxylic acids is 1. The number of amides is 1. The predicted molar refractivity (Wildman–Crippen MR) is 82.6 cm³/mol. The average Bonchev–Trinajstić information content (AvgIpc) is 2.45. The van der Waals surface area contributed by atoms with Gasteiger partial charge in [-0.05, 0) is 37.1 Å². The molecular formula is C17H23NO3. The molecule has 4 nitrogen and oxygen atoms in total. The molecule has 0 saturated heterocycles. The summed E-state index contributed by atoms with van der Waals surface area (Å²) >= 11 is 0. The third kappa shape index (κ3) is 4.06. The summed E-state index contributed by atoms with van der Waals surface area (Å²) in [6.45, 7) is 0. The Morgan fingerprint density at radius 1 is 1.00 bits per heavy atom. The molecule has 0 unspecified atom stereocenters. The normalized spacial score (nSPS) is 16.8. The fourth-order valence-electron chi connectivity index (χ4n) is 2.93. The summed E-state index contributed by atoms with van der Waals surface area (Å²) in [6, 6.07) is 6.48. The number of aromatic carboxylic acids is 1. The topological polar surface area (TPSA) is 57.6 Å². The number of rotatable bonds is 3. The Labute approximate surface area is 125 Å². The summed E-state index contributed by atoms with van der Waals surface area (Å²) in [5.74, 6) is -0.690. The van der Waals surface area contributed by atoms with Crippen molar-refractivity contribution < 1.29 is 14.7 Å². The van der Waals surface area contributed by atoms with Gasteiger partial charge in [-0.15, -0.1) is 0 Å². The highest BCUT2D eigenvalue weighted by Gasteiger charge is 2.23. The number of carbonyl (C=O) groups is 2. The summed E-state index contributed by atoms with van der Waals surface area (Å²) in [5, 5.41) is 8.90. The van der Waals surface area contributed by atoms with Crippen LogP contribution in [0.15, 0.2) is 24.3 Å². The van der Waals surface area contributed by atoms with E-state index in [1.165, 1.54) is 19.3 Å². The third-order valence-electron chi connectivity index (χ3n) is 4.29. The second-order valence-electron chi connectivity index (χ2n) is 5.79. The number of benzene rings is 1. The zero-order valence-electron chi connectivity index (χ0n) is 12.5. The molecule has 0 aromatic heterocycles. The monoisotopic (exact) mass is 289 g/mol. The lowest BCUT2D eigenvalue weighted by atomic mass is 9.90. The summed E-state index contributed by atoms with van der Waals surface area (Å²) in [6.07, 6.45) is 7.92. The molecule has 1 saturated carbocycles. The van der Waals surface area contributed by atoms with Gasteiger partial charge in [0.15, 0.2) is 0 Å². The summed E-state index contributed by atoms with van der Waals surface area (Å²) < 4.78 is 0. The van der Waals surface area contributed by atoms with E-state index in [-0.39, 0.29) is 17.4 Å². The number of anilines is 1. The average molecular weight is 289 g/mol. The number of carbonyl (C=O) groups excluding carboxylic acids is 1. The molecule has 0 heterocycles. The van der Waals surface area contributed by atoms with Gasteiger partial charge in [0.25, 0.3) is 0 Å². The van der Waals surface area contributed by atoms with E-state index in [1.807, 2.05) is 0 Å². The minimum Gasteiger partial charge on any atom is -0.478 e. The molecule has 0 bridgehead atoms. The second kappa shape index (κ2) is 7.25. The first-order valence-electron chi connectivity index (χ1n) is 7.70. The molecule has 0 aliphatic heterocycles. The molecule has 0 radical (unpaired) electrons. The predicted octanol–water partition coefficient (Wildman–Crippen LogP) is 3.71. The van der Waals surface area contributed by atoms with Gasteiger partial charge in [-0.2, -0.15) is 0 Å². The Bertz CT molecular complexity index is 487. The van der Waals surface area contributed by atoms with Crippen molar-refractivity contribution >= 4 is 17.6 Å². The Morgan fingerprint density at radius 2 is 1.52 bits per heavy atom. The van der Waals surface area contributed by atoms with Gasteiger partial charge in [-0.1, -0.05) is 32.1 Å². The van der Waals surface area contributed by atoms with Gasteiger partial charge in [0.1, 0.15) is 0 Å². The van der Waals surface area contributed by atoms with E-state index in [2.05, 4.69) is 0 Å². The van der Waals surface area contributed by atoms with Crippen LogP contribution in [0, 0.1) is 5.92 Å². The summed E-state index contributed by atoms with van der Waals surface area (Å²) in [7, 11) is 1.77. The van der Waals surface area contributed by atoms with E-state index in [9.17, 15) is 9.59 Å². The van der Waals surface area contributed by atoms with Crippen LogP contribution >= 0.6 is 0 Å². The molecular weight excluding hydrogens is 266 g/mol. The second-order valence-corrected chi connectivity index (χ2v) is 5.79. The molecule has 2 rings (SSSR count). The molecule has 0 atom stereocenters. The van der Waals surface area contributed by atoms with Gasteiger partial charge in [-0.3, -0.25) is 4.79 Å². The lowest BCUT2D eigenvalue weighted by Gasteiger charge is -2.25. The first kappa shape index (κ1) is 15.5. The van der Waals surface area contributed by atoms with Crippen LogP contribution in [0.2, 0.25) is 0 Å². The van der Waals surface area contributed by atoms with Crippen LogP contribution in [0.5, 0.6) is 0 Å². The number of hydrogen-bond donors (Lipinski definition) is 1. The van der Waals surface area contributed by atoms with Crippen molar-refractivity contribution in [3.8, 4) is 0 Å². The highest BCUT2D eigenvalue weighted by atomic mass is 16.4. The van der Waals surface area contributed by atoms with Gasteiger partial charge in [0, 0.05) is 18.7 Å². The first-order valence-corrected chi connectivity index (χ1v) is 7.70. The quantitative estimate of drug-likeness (QED) is 0.922. The molecule has 1 aliphatic rings. The van der Waals surface area contributed by atoms with Crippen molar-refractivity contribution in [1.82, 2.24) is 0 Å². The first-order chi connectivity index (χ1) is 10.1. The number of hydrogen-bond acceptors (Lipinski definition) is 2. The van der Waals surface area contributed by atoms with Crippen LogP contribution in [0.25, 0.3) is 0 Å². The smallest absolute Gasteiger partial charge is 0.335 e. The molecule has 1 aliphatic carbocycles. The Balaban J connectivity index is 2.04. The fraction of sp³-hybridized carbons (Fsp3) is 0.529.